The van der Waals surface area contributed by atoms with Crippen LogP contribution in [0.5, 0.6) is 5.75 Å². The number of phenols is 1. The van der Waals surface area contributed by atoms with Gasteiger partial charge in [0.2, 0.25) is 0 Å². The van der Waals surface area contributed by atoms with E-state index in [1.807, 2.05) is 30.3 Å². The molecule has 2 rings (SSSR count). The molecule has 0 saturated carbocycles. The average molecular weight is 322 g/mol. The summed E-state index contributed by atoms with van der Waals surface area (Å²) in [4.78, 5) is 0. The van der Waals surface area contributed by atoms with E-state index in [2.05, 4.69) is 55.8 Å². The molecule has 3 heteroatoms. The quantitative estimate of drug-likeness (QED) is 0.478. The highest BCUT2D eigenvalue weighted by atomic mass is 16.3. The minimum Gasteiger partial charge on any atom is -0.506 e. The number of phenolic OH excluding ortho intramolecular Hbond substituents is 1. The molecule has 3 nitrogen and oxygen atoms in total. The molecule has 2 aromatic rings. The van der Waals surface area contributed by atoms with Crippen molar-refractivity contribution in [3.8, 4) is 5.75 Å². The van der Waals surface area contributed by atoms with Gasteiger partial charge in [-0.25, -0.2) is 0 Å². The zero-order chi connectivity index (χ0) is 17.6. The molecule has 0 fully saturated rings. The van der Waals surface area contributed by atoms with Gasteiger partial charge in [-0.3, -0.25) is 0 Å². The maximum atomic E-state index is 10.3. The van der Waals surface area contributed by atoms with E-state index in [1.54, 1.807) is 6.08 Å². The molecule has 0 amide bonds. The van der Waals surface area contributed by atoms with E-state index in [9.17, 15) is 5.11 Å². The lowest BCUT2D eigenvalue weighted by molar-refractivity contribution is 0.474. The van der Waals surface area contributed by atoms with Crippen LogP contribution in [0.1, 0.15) is 25.0 Å². The molecule has 0 saturated heterocycles. The van der Waals surface area contributed by atoms with Gasteiger partial charge in [-0.15, -0.1) is 13.2 Å². The van der Waals surface area contributed by atoms with Crippen LogP contribution < -0.4 is 10.6 Å². The van der Waals surface area contributed by atoms with Crippen LogP contribution in [-0.4, -0.2) is 18.2 Å². The van der Waals surface area contributed by atoms with E-state index < -0.39 is 0 Å². The second-order valence-electron chi connectivity index (χ2n) is 6.28. The Balaban J connectivity index is 2.30. The topological polar surface area (TPSA) is 44.3 Å². The van der Waals surface area contributed by atoms with E-state index >= 15 is 0 Å². The summed E-state index contributed by atoms with van der Waals surface area (Å²) in [7, 11) is 0. The van der Waals surface area contributed by atoms with Crippen molar-refractivity contribution >= 4 is 11.4 Å². The zero-order valence-corrected chi connectivity index (χ0v) is 14.5. The Hall–Kier alpha value is -2.68. The van der Waals surface area contributed by atoms with Crippen LogP contribution in [-0.2, 0) is 5.41 Å². The van der Waals surface area contributed by atoms with Gasteiger partial charge in [0.1, 0.15) is 5.75 Å². The van der Waals surface area contributed by atoms with Crippen LogP contribution in [0.2, 0.25) is 0 Å². The zero-order valence-electron chi connectivity index (χ0n) is 14.5. The summed E-state index contributed by atoms with van der Waals surface area (Å²) in [6, 6.07) is 14.1. The number of anilines is 2. The number of hydrogen-bond donors (Lipinski definition) is 3. The Morgan fingerprint density at radius 1 is 0.958 bits per heavy atom. The molecule has 3 N–H and O–H groups in total. The summed E-state index contributed by atoms with van der Waals surface area (Å²) < 4.78 is 0. The summed E-state index contributed by atoms with van der Waals surface area (Å²) in [6.07, 6.45) is 3.60. The van der Waals surface area contributed by atoms with Crippen LogP contribution >= 0.6 is 0 Å². The van der Waals surface area contributed by atoms with E-state index in [0.29, 0.717) is 6.54 Å². The van der Waals surface area contributed by atoms with Crippen molar-refractivity contribution in [1.29, 1.82) is 0 Å². The van der Waals surface area contributed by atoms with E-state index in [-0.39, 0.29) is 11.2 Å². The third-order valence-electron chi connectivity index (χ3n) is 4.19. The van der Waals surface area contributed by atoms with Crippen LogP contribution in [0.4, 0.5) is 11.4 Å². The van der Waals surface area contributed by atoms with Crippen molar-refractivity contribution in [3.63, 3.8) is 0 Å². The molecule has 126 valence electrons. The molecule has 0 aliphatic carbocycles. The molecule has 0 unspecified atom stereocenters. The molecule has 0 aromatic heterocycles. The van der Waals surface area contributed by atoms with Gasteiger partial charge in [0.05, 0.1) is 5.69 Å². The van der Waals surface area contributed by atoms with Gasteiger partial charge >= 0.3 is 0 Å². The van der Waals surface area contributed by atoms with Gasteiger partial charge in [0.25, 0.3) is 0 Å². The Morgan fingerprint density at radius 3 is 2.29 bits per heavy atom. The fourth-order valence-corrected chi connectivity index (χ4v) is 2.63. The first-order valence-electron chi connectivity index (χ1n) is 8.12. The molecule has 0 spiro atoms. The van der Waals surface area contributed by atoms with Crippen LogP contribution in [0.15, 0.2) is 67.8 Å². The number of rotatable bonds is 8. The van der Waals surface area contributed by atoms with Gasteiger partial charge < -0.3 is 15.7 Å². The highest BCUT2D eigenvalue weighted by molar-refractivity contribution is 5.59. The lowest BCUT2D eigenvalue weighted by Gasteiger charge is -2.27. The van der Waals surface area contributed by atoms with Gasteiger partial charge in [0, 0.05) is 24.2 Å². The number of aromatic hydroxyl groups is 1. The monoisotopic (exact) mass is 322 g/mol. The number of benzene rings is 2. The third kappa shape index (κ3) is 3.99. The maximum absolute atomic E-state index is 10.3. The third-order valence-corrected chi connectivity index (χ3v) is 4.19. The van der Waals surface area contributed by atoms with Crippen LogP contribution in [0, 0.1) is 0 Å². The molecule has 24 heavy (non-hydrogen) atoms. The molecule has 0 atom stereocenters. The normalized spacial score (nSPS) is 10.9. The van der Waals surface area contributed by atoms with Gasteiger partial charge in [0.15, 0.2) is 0 Å². The highest BCUT2D eigenvalue weighted by Crippen LogP contribution is 2.36. The minimum absolute atomic E-state index is 0.222. The standard InChI is InChI=1S/C21H26N2O/c1-5-12-22-18-9-7-8-16(14-18)21(3,4)17-10-11-19(20(24)15-17)23-13-6-2/h5-11,14-15,22-24H,1-2,12-13H2,3-4H3. The van der Waals surface area contributed by atoms with Crippen molar-refractivity contribution < 1.29 is 5.11 Å². The Labute approximate surface area is 144 Å². The van der Waals surface area contributed by atoms with Crippen LogP contribution in [0.3, 0.4) is 0 Å². The molecule has 0 aliphatic heterocycles. The summed E-state index contributed by atoms with van der Waals surface area (Å²) in [5, 5.41) is 16.7. The molecule has 0 heterocycles. The van der Waals surface area contributed by atoms with E-state index in [1.165, 1.54) is 5.56 Å². The second kappa shape index (κ2) is 7.73. The fraction of sp³-hybridized carbons (Fsp3) is 0.238. The average Bonchev–Trinajstić information content (AvgIpc) is 2.59. The van der Waals surface area contributed by atoms with Crippen molar-refractivity contribution in [2.45, 2.75) is 19.3 Å². The fourth-order valence-electron chi connectivity index (χ4n) is 2.63. The molecular formula is C21H26N2O. The smallest absolute Gasteiger partial charge is 0.138 e. The van der Waals surface area contributed by atoms with E-state index in [0.717, 1.165) is 23.5 Å². The Bertz CT molecular complexity index is 720. The SMILES string of the molecule is C=CCNc1cccc(C(C)(C)c2ccc(NCC=C)c(O)c2)c1. The maximum Gasteiger partial charge on any atom is 0.138 e. The molecule has 0 bridgehead atoms. The summed E-state index contributed by atoms with van der Waals surface area (Å²) in [5.41, 5.74) is 3.80. The largest absolute Gasteiger partial charge is 0.506 e. The molecule has 0 radical (unpaired) electrons. The first-order valence-corrected chi connectivity index (χ1v) is 8.12. The first-order chi connectivity index (χ1) is 11.5. The predicted molar refractivity (Wildman–Crippen MR) is 104 cm³/mol. The second-order valence-corrected chi connectivity index (χ2v) is 6.28. The van der Waals surface area contributed by atoms with Crippen molar-refractivity contribution in [1.82, 2.24) is 0 Å². The minimum atomic E-state index is -0.222. The lowest BCUT2D eigenvalue weighted by Crippen LogP contribution is -2.19. The van der Waals surface area contributed by atoms with Gasteiger partial charge in [-0.1, -0.05) is 44.2 Å². The highest BCUT2D eigenvalue weighted by Gasteiger charge is 2.24. The Kier molecular flexibility index (Phi) is 5.69. The summed E-state index contributed by atoms with van der Waals surface area (Å²) in [6.45, 7) is 13.1. The molecular weight excluding hydrogens is 296 g/mol. The number of nitrogens with one attached hydrogen (secondary N) is 2. The van der Waals surface area contributed by atoms with Crippen LogP contribution in [0.25, 0.3) is 0 Å². The van der Waals surface area contributed by atoms with Gasteiger partial charge in [-0.2, -0.15) is 0 Å². The summed E-state index contributed by atoms with van der Waals surface area (Å²) in [5.74, 6) is 0.253. The van der Waals surface area contributed by atoms with Gasteiger partial charge in [-0.05, 0) is 35.4 Å². The number of hydrogen-bond acceptors (Lipinski definition) is 3. The summed E-state index contributed by atoms with van der Waals surface area (Å²) >= 11 is 0. The van der Waals surface area contributed by atoms with E-state index in [4.69, 9.17) is 0 Å². The predicted octanol–water partition coefficient (Wildman–Crippen LogP) is 4.91. The Morgan fingerprint density at radius 2 is 1.62 bits per heavy atom. The molecule has 0 aliphatic rings. The molecule has 2 aromatic carbocycles. The first kappa shape index (κ1) is 17.7. The lowest BCUT2D eigenvalue weighted by atomic mass is 9.78. The van der Waals surface area contributed by atoms with Crippen molar-refractivity contribution in [3.05, 3.63) is 78.9 Å². The van der Waals surface area contributed by atoms with Crippen molar-refractivity contribution in [2.24, 2.45) is 0 Å². The van der Waals surface area contributed by atoms with Crippen molar-refractivity contribution in [2.75, 3.05) is 23.7 Å².